The molecule has 0 radical (unpaired) electrons. The van der Waals surface area contributed by atoms with Gasteiger partial charge in [0.1, 0.15) is 5.75 Å². The van der Waals surface area contributed by atoms with E-state index in [-0.39, 0.29) is 17.7 Å². The van der Waals surface area contributed by atoms with Crippen molar-refractivity contribution in [2.45, 2.75) is 20.3 Å². The highest BCUT2D eigenvalue weighted by molar-refractivity contribution is 6.02. The lowest BCUT2D eigenvalue weighted by atomic mass is 10.1. The van der Waals surface area contributed by atoms with E-state index in [9.17, 15) is 9.59 Å². The van der Waals surface area contributed by atoms with Crippen LogP contribution in [-0.2, 0) is 4.79 Å². The van der Waals surface area contributed by atoms with Crippen molar-refractivity contribution in [3.63, 3.8) is 0 Å². The summed E-state index contributed by atoms with van der Waals surface area (Å²) in [7, 11) is 5.73. The van der Waals surface area contributed by atoms with Crippen LogP contribution < -0.4 is 25.2 Å². The first-order chi connectivity index (χ1) is 16.8. The number of nitrogens with one attached hydrogen (secondary N) is 2. The second-order valence-corrected chi connectivity index (χ2v) is 9.43. The molecule has 190 valence electrons. The molecule has 1 aliphatic heterocycles. The molecule has 0 aromatic heterocycles. The summed E-state index contributed by atoms with van der Waals surface area (Å²) in [5.41, 5.74) is 3.19. The van der Waals surface area contributed by atoms with Crippen molar-refractivity contribution in [1.82, 2.24) is 10.2 Å². The number of benzene rings is 2. The monoisotopic (exact) mass is 481 g/mol. The molecule has 0 bridgehead atoms. The third-order valence-corrected chi connectivity index (χ3v) is 6.15. The average Bonchev–Trinajstić information content (AvgIpc) is 2.86. The van der Waals surface area contributed by atoms with Crippen LogP contribution in [0.25, 0.3) is 0 Å². The molecule has 1 saturated heterocycles. The average molecular weight is 482 g/mol. The van der Waals surface area contributed by atoms with Gasteiger partial charge in [0.25, 0.3) is 5.91 Å². The van der Waals surface area contributed by atoms with Gasteiger partial charge in [0.2, 0.25) is 5.91 Å². The van der Waals surface area contributed by atoms with Crippen LogP contribution in [0.15, 0.2) is 42.5 Å². The summed E-state index contributed by atoms with van der Waals surface area (Å²) in [5, 5.41) is 5.98. The summed E-state index contributed by atoms with van der Waals surface area (Å²) in [4.78, 5) is 32.1. The molecule has 35 heavy (non-hydrogen) atoms. The Hall–Kier alpha value is -3.26. The van der Waals surface area contributed by atoms with Crippen molar-refractivity contribution in [3.05, 3.63) is 48.0 Å². The lowest BCUT2D eigenvalue weighted by Crippen LogP contribution is -2.47. The summed E-state index contributed by atoms with van der Waals surface area (Å²) in [5.74, 6) is 0.539. The number of carbonyl (C=O) groups excluding carboxylic acids is 2. The molecule has 0 unspecified atom stereocenters. The lowest BCUT2D eigenvalue weighted by Gasteiger charge is -2.38. The molecule has 1 aliphatic rings. The fraction of sp³-hybridized carbons (Fsp3) is 0.481. The zero-order valence-electron chi connectivity index (χ0n) is 21.6. The SMILES string of the molecule is COc1ccccc1N1CCN(c2ccc(NC(=O)C(C)C)cc2C(=O)NCCCN(C)C)CC1. The van der Waals surface area contributed by atoms with Crippen molar-refractivity contribution < 1.29 is 14.3 Å². The van der Waals surface area contributed by atoms with Gasteiger partial charge in [-0.3, -0.25) is 9.59 Å². The molecular formula is C27H39N5O3. The van der Waals surface area contributed by atoms with E-state index in [2.05, 4.69) is 31.4 Å². The van der Waals surface area contributed by atoms with Crippen LogP contribution in [-0.4, -0.2) is 77.2 Å². The molecule has 3 rings (SSSR count). The molecule has 8 nitrogen and oxygen atoms in total. The zero-order valence-corrected chi connectivity index (χ0v) is 21.6. The highest BCUT2D eigenvalue weighted by Gasteiger charge is 2.24. The van der Waals surface area contributed by atoms with Crippen molar-refractivity contribution in [1.29, 1.82) is 0 Å². The smallest absolute Gasteiger partial charge is 0.253 e. The van der Waals surface area contributed by atoms with Gasteiger partial charge in [-0.25, -0.2) is 0 Å². The first-order valence-electron chi connectivity index (χ1n) is 12.3. The Bertz CT molecular complexity index is 1000. The summed E-state index contributed by atoms with van der Waals surface area (Å²) >= 11 is 0. The van der Waals surface area contributed by atoms with Crippen LogP contribution in [0.5, 0.6) is 5.75 Å². The van der Waals surface area contributed by atoms with Gasteiger partial charge < -0.3 is 30.1 Å². The Morgan fingerprint density at radius 3 is 2.29 bits per heavy atom. The van der Waals surface area contributed by atoms with Crippen molar-refractivity contribution in [2.24, 2.45) is 5.92 Å². The summed E-state index contributed by atoms with van der Waals surface area (Å²) in [6, 6.07) is 13.7. The second-order valence-electron chi connectivity index (χ2n) is 9.43. The van der Waals surface area contributed by atoms with Gasteiger partial charge in [-0.15, -0.1) is 0 Å². The lowest BCUT2D eigenvalue weighted by molar-refractivity contribution is -0.118. The van der Waals surface area contributed by atoms with Gasteiger partial charge in [0.15, 0.2) is 0 Å². The maximum absolute atomic E-state index is 13.2. The summed E-state index contributed by atoms with van der Waals surface area (Å²) in [6.07, 6.45) is 0.870. The number of rotatable bonds is 10. The minimum Gasteiger partial charge on any atom is -0.495 e. The van der Waals surface area contributed by atoms with Crippen molar-refractivity contribution in [2.75, 3.05) is 75.6 Å². The maximum Gasteiger partial charge on any atom is 0.253 e. The Labute approximate surface area is 209 Å². The molecule has 1 fully saturated rings. The Kier molecular flexibility index (Phi) is 9.37. The molecule has 0 aliphatic carbocycles. The number of hydrogen-bond acceptors (Lipinski definition) is 6. The standard InChI is InChI=1S/C27H39N5O3/c1-20(2)26(33)29-21-11-12-23(22(19-21)27(34)28-13-8-14-30(3)4)31-15-17-32(18-16-31)24-9-6-7-10-25(24)35-5/h6-7,9-12,19-20H,8,13-18H2,1-5H3,(H,28,34)(H,29,33). The van der Waals surface area contributed by atoms with Crippen LogP contribution in [0, 0.1) is 5.92 Å². The topological polar surface area (TPSA) is 77.1 Å². The van der Waals surface area contributed by atoms with Gasteiger partial charge in [0, 0.05) is 50.0 Å². The fourth-order valence-corrected chi connectivity index (χ4v) is 4.13. The molecule has 2 N–H and O–H groups in total. The number of ether oxygens (including phenoxy) is 1. The highest BCUT2D eigenvalue weighted by atomic mass is 16.5. The van der Waals surface area contributed by atoms with E-state index < -0.39 is 0 Å². The van der Waals surface area contributed by atoms with E-state index in [0.717, 1.165) is 56.3 Å². The predicted molar refractivity (Wildman–Crippen MR) is 143 cm³/mol. The molecule has 1 heterocycles. The number of anilines is 3. The largest absolute Gasteiger partial charge is 0.495 e. The van der Waals surface area contributed by atoms with E-state index in [1.54, 1.807) is 13.2 Å². The summed E-state index contributed by atoms with van der Waals surface area (Å²) in [6.45, 7) is 8.38. The van der Waals surface area contributed by atoms with Gasteiger partial charge in [0.05, 0.1) is 18.4 Å². The molecule has 0 saturated carbocycles. The van der Waals surface area contributed by atoms with Crippen molar-refractivity contribution in [3.8, 4) is 5.75 Å². The second kappa shape index (κ2) is 12.4. The van der Waals surface area contributed by atoms with E-state index in [1.807, 2.05) is 58.3 Å². The zero-order chi connectivity index (χ0) is 25.4. The number of nitrogens with zero attached hydrogens (tertiary/aromatic N) is 3. The first kappa shape index (κ1) is 26.3. The number of piperazine rings is 1. The van der Waals surface area contributed by atoms with Gasteiger partial charge in [-0.2, -0.15) is 0 Å². The third-order valence-electron chi connectivity index (χ3n) is 6.15. The predicted octanol–water partition coefficient (Wildman–Crippen LogP) is 3.30. The Morgan fingerprint density at radius 1 is 1.00 bits per heavy atom. The normalized spacial score (nSPS) is 13.8. The van der Waals surface area contributed by atoms with Crippen LogP contribution in [0.3, 0.4) is 0 Å². The number of amides is 2. The van der Waals surface area contributed by atoms with E-state index >= 15 is 0 Å². The maximum atomic E-state index is 13.2. The summed E-state index contributed by atoms with van der Waals surface area (Å²) < 4.78 is 5.54. The molecule has 0 atom stereocenters. The van der Waals surface area contributed by atoms with Crippen LogP contribution in [0.2, 0.25) is 0 Å². The number of methoxy groups -OCH3 is 1. The van der Waals surface area contributed by atoms with Crippen LogP contribution >= 0.6 is 0 Å². The van der Waals surface area contributed by atoms with Gasteiger partial charge in [-0.05, 0) is 57.4 Å². The molecule has 8 heteroatoms. The molecule has 2 amide bonds. The number of carbonyl (C=O) groups is 2. The van der Waals surface area contributed by atoms with E-state index in [4.69, 9.17) is 4.74 Å². The highest BCUT2D eigenvalue weighted by Crippen LogP contribution is 2.31. The first-order valence-corrected chi connectivity index (χ1v) is 12.3. The molecular weight excluding hydrogens is 442 g/mol. The number of hydrogen-bond donors (Lipinski definition) is 2. The molecule has 2 aromatic rings. The Balaban J connectivity index is 1.77. The number of para-hydroxylation sites is 2. The third kappa shape index (κ3) is 7.11. The van der Waals surface area contributed by atoms with Crippen LogP contribution in [0.1, 0.15) is 30.6 Å². The minimum absolute atomic E-state index is 0.0690. The molecule has 0 spiro atoms. The molecule has 2 aromatic carbocycles. The van der Waals surface area contributed by atoms with Crippen LogP contribution in [0.4, 0.5) is 17.1 Å². The fourth-order valence-electron chi connectivity index (χ4n) is 4.13. The van der Waals surface area contributed by atoms with Gasteiger partial charge in [-0.1, -0.05) is 26.0 Å². The van der Waals surface area contributed by atoms with Gasteiger partial charge >= 0.3 is 0 Å². The quantitative estimate of drug-likeness (QED) is 0.507. The van der Waals surface area contributed by atoms with Crippen molar-refractivity contribution >= 4 is 28.9 Å². The Morgan fingerprint density at radius 2 is 1.66 bits per heavy atom. The minimum atomic E-state index is -0.138. The van der Waals surface area contributed by atoms with E-state index in [0.29, 0.717) is 17.8 Å². The van der Waals surface area contributed by atoms with E-state index in [1.165, 1.54) is 0 Å².